The minimum Gasteiger partial charge on any atom is -0.332 e. The monoisotopic (exact) mass is 470 g/mol. The lowest BCUT2D eigenvalue weighted by Gasteiger charge is -2.15. The van der Waals surface area contributed by atoms with Crippen LogP contribution in [-0.4, -0.2) is 19.5 Å². The van der Waals surface area contributed by atoms with Gasteiger partial charge in [0.15, 0.2) is 11.2 Å². The van der Waals surface area contributed by atoms with Crippen molar-refractivity contribution in [3.63, 3.8) is 0 Å². The Labute approximate surface area is 179 Å². The van der Waals surface area contributed by atoms with Gasteiger partial charge in [-0.05, 0) is 35.8 Å². The molecule has 0 bridgehead atoms. The van der Waals surface area contributed by atoms with Crippen LogP contribution in [0.3, 0.4) is 0 Å². The SMILES string of the molecule is CC(C)n1cc(-c2nc3c(=O)cc(Br)[nH]c3nc2-c2ccccc2)cc(Cl)c1=O. The molecule has 0 atom stereocenters. The average molecular weight is 472 g/mol. The standard InChI is InChI=1S/C21H16BrClN4O2/c1-11(2)27-10-13(8-14(23)21(27)29)18-17(12-6-4-3-5-7-12)26-20-19(25-18)15(28)9-16(22)24-20/h3-11H,1-2H3,(H,24,26,28). The molecule has 0 radical (unpaired) electrons. The number of aromatic amines is 1. The second-order valence-electron chi connectivity index (χ2n) is 6.85. The number of H-pyrrole nitrogens is 1. The number of nitrogens with one attached hydrogen (secondary N) is 1. The highest BCUT2D eigenvalue weighted by Gasteiger charge is 2.18. The van der Waals surface area contributed by atoms with E-state index in [1.807, 2.05) is 44.2 Å². The van der Waals surface area contributed by atoms with Crippen molar-refractivity contribution in [2.45, 2.75) is 19.9 Å². The molecule has 0 aliphatic heterocycles. The molecule has 3 aromatic heterocycles. The van der Waals surface area contributed by atoms with Crippen LogP contribution in [0, 0.1) is 0 Å². The van der Waals surface area contributed by atoms with Crippen LogP contribution in [0.1, 0.15) is 19.9 Å². The van der Waals surface area contributed by atoms with Gasteiger partial charge in [-0.15, -0.1) is 0 Å². The average Bonchev–Trinajstić information content (AvgIpc) is 2.69. The Balaban J connectivity index is 2.11. The van der Waals surface area contributed by atoms with Crippen LogP contribution in [0.4, 0.5) is 0 Å². The molecule has 0 amide bonds. The lowest BCUT2D eigenvalue weighted by Crippen LogP contribution is -2.22. The molecule has 29 heavy (non-hydrogen) atoms. The molecule has 146 valence electrons. The highest BCUT2D eigenvalue weighted by Crippen LogP contribution is 2.31. The molecule has 4 rings (SSSR count). The van der Waals surface area contributed by atoms with Gasteiger partial charge in [0, 0.05) is 29.4 Å². The predicted molar refractivity (Wildman–Crippen MR) is 118 cm³/mol. The van der Waals surface area contributed by atoms with Crippen LogP contribution in [0.2, 0.25) is 5.02 Å². The molecule has 0 saturated carbocycles. The Bertz CT molecular complexity index is 1350. The van der Waals surface area contributed by atoms with Gasteiger partial charge in [-0.3, -0.25) is 9.59 Å². The van der Waals surface area contributed by atoms with Crippen molar-refractivity contribution < 1.29 is 0 Å². The number of nitrogens with zero attached hydrogens (tertiary/aromatic N) is 3. The van der Waals surface area contributed by atoms with E-state index in [1.165, 1.54) is 6.07 Å². The largest absolute Gasteiger partial charge is 0.332 e. The zero-order valence-electron chi connectivity index (χ0n) is 15.6. The Kier molecular flexibility index (Phi) is 5.10. The van der Waals surface area contributed by atoms with Gasteiger partial charge in [0.05, 0.1) is 16.0 Å². The van der Waals surface area contributed by atoms with E-state index >= 15 is 0 Å². The van der Waals surface area contributed by atoms with E-state index in [0.717, 1.165) is 5.56 Å². The van der Waals surface area contributed by atoms with Crippen LogP contribution in [0.25, 0.3) is 33.7 Å². The minimum atomic E-state index is -0.276. The second-order valence-corrected chi connectivity index (χ2v) is 8.11. The van der Waals surface area contributed by atoms with Gasteiger partial charge >= 0.3 is 0 Å². The summed E-state index contributed by atoms with van der Waals surface area (Å²) in [6.07, 6.45) is 1.70. The molecule has 8 heteroatoms. The summed E-state index contributed by atoms with van der Waals surface area (Å²) in [5.41, 5.74) is 2.54. The Morgan fingerprint density at radius 3 is 2.41 bits per heavy atom. The van der Waals surface area contributed by atoms with Gasteiger partial charge in [0.1, 0.15) is 5.02 Å². The van der Waals surface area contributed by atoms with Crippen molar-refractivity contribution >= 4 is 38.7 Å². The lowest BCUT2D eigenvalue weighted by atomic mass is 10.0. The van der Waals surface area contributed by atoms with Crippen LogP contribution in [-0.2, 0) is 0 Å². The third kappa shape index (κ3) is 3.63. The first-order valence-electron chi connectivity index (χ1n) is 8.93. The fraction of sp³-hybridized carbons (Fsp3) is 0.143. The first-order valence-corrected chi connectivity index (χ1v) is 10.1. The van der Waals surface area contributed by atoms with Gasteiger partial charge in [-0.2, -0.15) is 0 Å². The maximum atomic E-state index is 12.5. The second kappa shape index (κ2) is 7.57. The van der Waals surface area contributed by atoms with Gasteiger partial charge < -0.3 is 9.55 Å². The fourth-order valence-electron chi connectivity index (χ4n) is 3.11. The molecule has 4 aromatic rings. The number of benzene rings is 1. The summed E-state index contributed by atoms with van der Waals surface area (Å²) >= 11 is 9.52. The van der Waals surface area contributed by atoms with Crippen LogP contribution >= 0.6 is 27.5 Å². The molecule has 0 aliphatic carbocycles. The molecule has 0 aliphatic rings. The zero-order valence-corrected chi connectivity index (χ0v) is 18.0. The van der Waals surface area contributed by atoms with Crippen LogP contribution in [0.15, 0.2) is 62.9 Å². The van der Waals surface area contributed by atoms with Crippen molar-refractivity contribution in [3.05, 3.63) is 78.9 Å². The van der Waals surface area contributed by atoms with E-state index in [-0.39, 0.29) is 27.6 Å². The quantitative estimate of drug-likeness (QED) is 0.435. The summed E-state index contributed by atoms with van der Waals surface area (Å²) in [7, 11) is 0. The molecule has 6 nitrogen and oxygen atoms in total. The van der Waals surface area contributed by atoms with Crippen LogP contribution in [0.5, 0.6) is 0 Å². The third-order valence-electron chi connectivity index (χ3n) is 4.50. The van der Waals surface area contributed by atoms with Crippen LogP contribution < -0.4 is 11.0 Å². The van der Waals surface area contributed by atoms with Crippen molar-refractivity contribution in [1.82, 2.24) is 19.5 Å². The van der Waals surface area contributed by atoms with Crippen molar-refractivity contribution in [2.24, 2.45) is 0 Å². The molecule has 0 saturated heterocycles. The smallest absolute Gasteiger partial charge is 0.269 e. The predicted octanol–water partition coefficient (Wildman–Crippen LogP) is 4.81. The van der Waals surface area contributed by atoms with Crippen molar-refractivity contribution in [2.75, 3.05) is 0 Å². The number of halogens is 2. The molecule has 0 unspecified atom stereocenters. The minimum absolute atomic E-state index is 0.0850. The number of rotatable bonds is 3. The molecule has 1 aromatic carbocycles. The van der Waals surface area contributed by atoms with E-state index in [1.54, 1.807) is 16.8 Å². The molecule has 3 heterocycles. The molecule has 0 fully saturated rings. The summed E-state index contributed by atoms with van der Waals surface area (Å²) in [6, 6.07) is 12.4. The van der Waals surface area contributed by atoms with E-state index < -0.39 is 0 Å². The highest BCUT2D eigenvalue weighted by molar-refractivity contribution is 9.10. The Morgan fingerprint density at radius 2 is 1.72 bits per heavy atom. The Morgan fingerprint density at radius 1 is 1.03 bits per heavy atom. The maximum Gasteiger partial charge on any atom is 0.269 e. The van der Waals surface area contributed by atoms with Gasteiger partial charge in [-0.1, -0.05) is 41.9 Å². The normalized spacial score (nSPS) is 11.3. The first-order chi connectivity index (χ1) is 13.8. The van der Waals surface area contributed by atoms with E-state index in [4.69, 9.17) is 16.6 Å². The zero-order chi connectivity index (χ0) is 20.7. The summed E-state index contributed by atoms with van der Waals surface area (Å²) in [4.78, 5) is 37.2. The third-order valence-corrected chi connectivity index (χ3v) is 5.20. The van der Waals surface area contributed by atoms with E-state index in [0.29, 0.717) is 27.2 Å². The van der Waals surface area contributed by atoms with Gasteiger partial charge in [-0.25, -0.2) is 9.97 Å². The topological polar surface area (TPSA) is 80.6 Å². The van der Waals surface area contributed by atoms with Crippen molar-refractivity contribution in [1.29, 1.82) is 0 Å². The molecule has 1 N–H and O–H groups in total. The van der Waals surface area contributed by atoms with E-state index in [2.05, 4.69) is 25.9 Å². The molecule has 0 spiro atoms. The maximum absolute atomic E-state index is 12.5. The number of hydrogen-bond donors (Lipinski definition) is 1. The lowest BCUT2D eigenvalue weighted by molar-refractivity contribution is 0.579. The fourth-order valence-corrected chi connectivity index (χ4v) is 3.72. The molecular formula is C21H16BrClN4O2. The summed E-state index contributed by atoms with van der Waals surface area (Å²) < 4.78 is 2.07. The Hall–Kier alpha value is -2.77. The number of aromatic nitrogens is 4. The van der Waals surface area contributed by atoms with Crippen molar-refractivity contribution in [3.8, 4) is 22.5 Å². The number of hydrogen-bond acceptors (Lipinski definition) is 4. The van der Waals surface area contributed by atoms with E-state index in [9.17, 15) is 9.59 Å². The number of fused-ring (bicyclic) bond motifs is 1. The summed E-state index contributed by atoms with van der Waals surface area (Å²) in [5.74, 6) is 0. The summed E-state index contributed by atoms with van der Waals surface area (Å²) in [5, 5.41) is 0.0850. The van der Waals surface area contributed by atoms with Gasteiger partial charge in [0.25, 0.3) is 5.56 Å². The summed E-state index contributed by atoms with van der Waals surface area (Å²) in [6.45, 7) is 3.79. The van der Waals surface area contributed by atoms with Gasteiger partial charge in [0.2, 0.25) is 5.43 Å². The highest BCUT2D eigenvalue weighted by atomic mass is 79.9. The first kappa shape index (κ1) is 19.5. The number of pyridine rings is 2. The molecular weight excluding hydrogens is 456 g/mol.